The Bertz CT molecular complexity index is 682. The summed E-state index contributed by atoms with van der Waals surface area (Å²) in [5.74, 6) is -2.33. The molecule has 1 saturated heterocycles. The topological polar surface area (TPSA) is 38.1 Å². The van der Waals surface area contributed by atoms with E-state index in [1.807, 2.05) is 16.9 Å². The number of carbonyl (C=O) groups excluding carboxylic acids is 1. The van der Waals surface area contributed by atoms with Gasteiger partial charge in [0.15, 0.2) is 5.82 Å². The Balaban J connectivity index is 1.71. The molecule has 0 bridgehead atoms. The molecule has 1 aliphatic heterocycles. The Kier molecular flexibility index (Phi) is 4.11. The number of amides is 1. The van der Waals surface area contributed by atoms with Crippen molar-refractivity contribution in [2.75, 3.05) is 13.1 Å². The summed E-state index contributed by atoms with van der Waals surface area (Å²) in [5.41, 5.74) is -0.191. The van der Waals surface area contributed by atoms with Gasteiger partial charge in [-0.25, -0.2) is 8.78 Å². The third-order valence-electron chi connectivity index (χ3n) is 3.92. The van der Waals surface area contributed by atoms with Gasteiger partial charge in [-0.15, -0.1) is 0 Å². The van der Waals surface area contributed by atoms with Gasteiger partial charge >= 0.3 is 0 Å². The van der Waals surface area contributed by atoms with Crippen molar-refractivity contribution in [1.29, 1.82) is 0 Å². The highest BCUT2D eigenvalue weighted by molar-refractivity contribution is 6.31. The van der Waals surface area contributed by atoms with Crippen LogP contribution < -0.4 is 0 Å². The number of nitrogens with zero attached hydrogens (tertiary/aromatic N) is 3. The molecule has 1 amide bonds. The minimum Gasteiger partial charge on any atom is -0.338 e. The first-order valence-corrected chi connectivity index (χ1v) is 7.37. The van der Waals surface area contributed by atoms with Crippen LogP contribution in [0.3, 0.4) is 0 Å². The van der Waals surface area contributed by atoms with E-state index in [1.165, 1.54) is 0 Å². The zero-order chi connectivity index (χ0) is 15.7. The Morgan fingerprint density at radius 1 is 1.27 bits per heavy atom. The van der Waals surface area contributed by atoms with Crippen molar-refractivity contribution in [3.05, 3.63) is 52.8 Å². The van der Waals surface area contributed by atoms with Gasteiger partial charge in [0.05, 0.1) is 11.6 Å². The van der Waals surface area contributed by atoms with E-state index in [2.05, 4.69) is 5.10 Å². The van der Waals surface area contributed by atoms with Crippen molar-refractivity contribution in [2.24, 2.45) is 0 Å². The number of rotatable bonds is 2. The second-order valence-electron chi connectivity index (χ2n) is 5.23. The number of halogens is 3. The maximum atomic E-state index is 13.9. The van der Waals surface area contributed by atoms with Gasteiger partial charge in [-0.3, -0.25) is 9.48 Å². The highest BCUT2D eigenvalue weighted by Crippen LogP contribution is 2.26. The molecule has 22 heavy (non-hydrogen) atoms. The van der Waals surface area contributed by atoms with Crippen LogP contribution >= 0.6 is 11.6 Å². The maximum absolute atomic E-state index is 13.9. The molecule has 0 aliphatic carbocycles. The fourth-order valence-corrected chi connectivity index (χ4v) is 2.86. The van der Waals surface area contributed by atoms with Gasteiger partial charge in [0, 0.05) is 25.5 Å². The zero-order valence-electron chi connectivity index (χ0n) is 11.7. The average Bonchev–Trinajstić information content (AvgIpc) is 3.07. The third-order valence-corrected chi connectivity index (χ3v) is 4.26. The van der Waals surface area contributed by atoms with Gasteiger partial charge in [-0.05, 0) is 31.0 Å². The van der Waals surface area contributed by atoms with Gasteiger partial charge in [0.25, 0.3) is 5.91 Å². The SMILES string of the molecule is O=C(c1ccc(F)c(Cl)c1F)N1CCC(n2cccn2)CC1. The Hall–Kier alpha value is -1.95. The minimum absolute atomic E-state index is 0.191. The molecule has 4 nitrogen and oxygen atoms in total. The minimum atomic E-state index is -0.999. The van der Waals surface area contributed by atoms with Crippen LogP contribution in [0.4, 0.5) is 8.78 Å². The highest BCUT2D eigenvalue weighted by Gasteiger charge is 2.27. The molecule has 2 heterocycles. The van der Waals surface area contributed by atoms with E-state index in [4.69, 9.17) is 11.6 Å². The first-order chi connectivity index (χ1) is 10.6. The molecule has 7 heteroatoms. The van der Waals surface area contributed by atoms with Gasteiger partial charge in [0.1, 0.15) is 10.8 Å². The van der Waals surface area contributed by atoms with Gasteiger partial charge in [0.2, 0.25) is 0 Å². The highest BCUT2D eigenvalue weighted by atomic mass is 35.5. The molecule has 116 valence electrons. The molecular weight excluding hydrogens is 312 g/mol. The fourth-order valence-electron chi connectivity index (χ4n) is 2.69. The van der Waals surface area contributed by atoms with Crippen molar-refractivity contribution < 1.29 is 13.6 Å². The van der Waals surface area contributed by atoms with Crippen molar-refractivity contribution in [2.45, 2.75) is 18.9 Å². The molecule has 3 rings (SSSR count). The van der Waals surface area contributed by atoms with Crippen LogP contribution in [0, 0.1) is 11.6 Å². The largest absolute Gasteiger partial charge is 0.338 e. The lowest BCUT2D eigenvalue weighted by atomic mass is 10.0. The fraction of sp³-hybridized carbons (Fsp3) is 0.333. The van der Waals surface area contributed by atoms with Crippen LogP contribution in [0.2, 0.25) is 5.02 Å². The van der Waals surface area contributed by atoms with Crippen LogP contribution in [-0.2, 0) is 0 Å². The summed E-state index contributed by atoms with van der Waals surface area (Å²) >= 11 is 5.52. The third kappa shape index (κ3) is 2.70. The average molecular weight is 326 g/mol. The quantitative estimate of drug-likeness (QED) is 0.795. The maximum Gasteiger partial charge on any atom is 0.256 e. The first-order valence-electron chi connectivity index (χ1n) is 7.00. The zero-order valence-corrected chi connectivity index (χ0v) is 12.4. The summed E-state index contributed by atoms with van der Waals surface area (Å²) in [4.78, 5) is 13.9. The van der Waals surface area contributed by atoms with E-state index in [0.29, 0.717) is 13.1 Å². The summed E-state index contributed by atoms with van der Waals surface area (Å²) < 4.78 is 29.0. The number of likely N-dealkylation sites (tertiary alicyclic amines) is 1. The molecule has 0 radical (unpaired) electrons. The first kappa shape index (κ1) is 15.0. The van der Waals surface area contributed by atoms with E-state index in [0.717, 1.165) is 25.0 Å². The van der Waals surface area contributed by atoms with Crippen molar-refractivity contribution in [1.82, 2.24) is 14.7 Å². The second-order valence-corrected chi connectivity index (χ2v) is 5.61. The monoisotopic (exact) mass is 325 g/mol. The predicted octanol–water partition coefficient (Wildman–Crippen LogP) is 3.29. The Morgan fingerprint density at radius 3 is 2.64 bits per heavy atom. The van der Waals surface area contributed by atoms with Crippen LogP contribution in [-0.4, -0.2) is 33.7 Å². The standard InChI is InChI=1S/C15H14ClF2N3O/c16-13-12(17)3-2-11(14(13)18)15(22)20-8-4-10(5-9-20)21-7-1-6-19-21/h1-3,6-7,10H,4-5,8-9H2. The predicted molar refractivity (Wildman–Crippen MR) is 77.8 cm³/mol. The van der Waals surface area contributed by atoms with Crippen molar-refractivity contribution in [3.8, 4) is 0 Å². The van der Waals surface area contributed by atoms with Gasteiger partial charge < -0.3 is 4.90 Å². The van der Waals surface area contributed by atoms with E-state index in [-0.39, 0.29) is 11.6 Å². The van der Waals surface area contributed by atoms with E-state index < -0.39 is 22.6 Å². The molecule has 2 aromatic rings. The van der Waals surface area contributed by atoms with Gasteiger partial charge in [-0.1, -0.05) is 11.6 Å². The van der Waals surface area contributed by atoms with E-state index >= 15 is 0 Å². The molecule has 1 aliphatic rings. The van der Waals surface area contributed by atoms with Crippen LogP contribution in [0.25, 0.3) is 0 Å². The van der Waals surface area contributed by atoms with Crippen molar-refractivity contribution >= 4 is 17.5 Å². The number of benzene rings is 1. The number of aromatic nitrogens is 2. The van der Waals surface area contributed by atoms with Gasteiger partial charge in [-0.2, -0.15) is 5.10 Å². The summed E-state index contributed by atoms with van der Waals surface area (Å²) in [7, 11) is 0. The molecule has 1 fully saturated rings. The number of hydrogen-bond acceptors (Lipinski definition) is 2. The summed E-state index contributed by atoms with van der Waals surface area (Å²) in [6, 6.07) is 4.24. The van der Waals surface area contributed by atoms with Crippen LogP contribution in [0.1, 0.15) is 29.2 Å². The molecule has 0 atom stereocenters. The molecule has 0 N–H and O–H groups in total. The second kappa shape index (κ2) is 6.04. The summed E-state index contributed by atoms with van der Waals surface area (Å²) in [5, 5.41) is 3.56. The number of hydrogen-bond donors (Lipinski definition) is 0. The Labute approximate surface area is 131 Å². The molecule has 0 unspecified atom stereocenters. The smallest absolute Gasteiger partial charge is 0.256 e. The number of piperidine rings is 1. The molecule has 0 spiro atoms. The van der Waals surface area contributed by atoms with Crippen LogP contribution in [0.15, 0.2) is 30.6 Å². The van der Waals surface area contributed by atoms with E-state index in [9.17, 15) is 13.6 Å². The molecular formula is C15H14ClF2N3O. The lowest BCUT2D eigenvalue weighted by Crippen LogP contribution is -2.39. The normalized spacial score (nSPS) is 16.0. The van der Waals surface area contributed by atoms with E-state index in [1.54, 1.807) is 11.1 Å². The Morgan fingerprint density at radius 2 is 2.00 bits per heavy atom. The molecule has 1 aromatic carbocycles. The summed E-state index contributed by atoms with van der Waals surface area (Å²) in [6.45, 7) is 0.996. The van der Waals surface area contributed by atoms with Crippen molar-refractivity contribution in [3.63, 3.8) is 0 Å². The number of carbonyl (C=O) groups is 1. The lowest BCUT2D eigenvalue weighted by molar-refractivity contribution is 0.0685. The van der Waals surface area contributed by atoms with Crippen LogP contribution in [0.5, 0.6) is 0 Å². The summed E-state index contributed by atoms with van der Waals surface area (Å²) in [6.07, 6.45) is 5.09. The molecule has 1 aromatic heterocycles. The lowest BCUT2D eigenvalue weighted by Gasteiger charge is -2.32. The molecule has 0 saturated carbocycles.